The number of amides is 1. The second-order valence-electron chi connectivity index (χ2n) is 6.18. The van der Waals surface area contributed by atoms with Crippen LogP contribution >= 0.6 is 0 Å². The van der Waals surface area contributed by atoms with Crippen molar-refractivity contribution in [3.05, 3.63) is 29.3 Å². The molecule has 0 radical (unpaired) electrons. The third-order valence-corrected chi connectivity index (χ3v) is 4.76. The Morgan fingerprint density at radius 1 is 1.40 bits per heavy atom. The molecular weight excluding hydrogens is 276 g/mol. The standard InChI is InChI=1S/C14H20N2O3S/c1-9-4-10(6-12(5-9)20(15,18)19)13(17)16-8-11-7-14(11,2)3/h4-6,11H,7-8H2,1-3H3,(H,16,17)(H2,15,18,19). The van der Waals surface area contributed by atoms with Crippen LogP contribution in [-0.4, -0.2) is 20.9 Å². The molecule has 1 aromatic carbocycles. The minimum atomic E-state index is -3.80. The molecule has 0 heterocycles. The predicted molar refractivity (Wildman–Crippen MR) is 76.8 cm³/mol. The van der Waals surface area contributed by atoms with Gasteiger partial charge in [0.1, 0.15) is 0 Å². The number of aryl methyl sites for hydroxylation is 1. The monoisotopic (exact) mass is 296 g/mol. The molecule has 1 atom stereocenters. The van der Waals surface area contributed by atoms with Crippen LogP contribution in [0.25, 0.3) is 0 Å². The van der Waals surface area contributed by atoms with Crippen LogP contribution in [0, 0.1) is 18.3 Å². The minimum absolute atomic E-state index is 0.0330. The van der Waals surface area contributed by atoms with Gasteiger partial charge in [0.15, 0.2) is 0 Å². The van der Waals surface area contributed by atoms with Crippen LogP contribution in [0.4, 0.5) is 0 Å². The Balaban J connectivity index is 2.12. The van der Waals surface area contributed by atoms with Crippen molar-refractivity contribution in [1.29, 1.82) is 0 Å². The molecule has 0 aliphatic heterocycles. The summed E-state index contributed by atoms with van der Waals surface area (Å²) in [6, 6.07) is 4.42. The maximum Gasteiger partial charge on any atom is 0.251 e. The molecule has 3 N–H and O–H groups in total. The Morgan fingerprint density at radius 2 is 2.00 bits per heavy atom. The van der Waals surface area contributed by atoms with E-state index < -0.39 is 10.0 Å². The summed E-state index contributed by atoms with van der Waals surface area (Å²) in [6.07, 6.45) is 1.10. The number of nitrogens with one attached hydrogen (secondary N) is 1. The number of benzene rings is 1. The van der Waals surface area contributed by atoms with Gasteiger partial charge in [-0.05, 0) is 48.4 Å². The van der Waals surface area contributed by atoms with E-state index in [0.29, 0.717) is 29.0 Å². The lowest BCUT2D eigenvalue weighted by Gasteiger charge is -2.08. The van der Waals surface area contributed by atoms with Crippen LogP contribution in [0.5, 0.6) is 0 Å². The van der Waals surface area contributed by atoms with Gasteiger partial charge in [-0.1, -0.05) is 13.8 Å². The van der Waals surface area contributed by atoms with E-state index in [2.05, 4.69) is 19.2 Å². The number of carbonyl (C=O) groups excluding carboxylic acids is 1. The summed E-state index contributed by atoms with van der Waals surface area (Å²) in [6.45, 7) is 6.67. The fourth-order valence-corrected chi connectivity index (χ4v) is 2.93. The van der Waals surface area contributed by atoms with Crippen molar-refractivity contribution in [2.75, 3.05) is 6.54 Å². The second-order valence-corrected chi connectivity index (χ2v) is 7.74. The van der Waals surface area contributed by atoms with Gasteiger partial charge >= 0.3 is 0 Å². The number of hydrogen-bond acceptors (Lipinski definition) is 3. The zero-order valence-electron chi connectivity index (χ0n) is 11.9. The van der Waals surface area contributed by atoms with Gasteiger partial charge in [0.05, 0.1) is 4.90 Å². The molecule has 0 bridgehead atoms. The third-order valence-electron chi connectivity index (χ3n) is 3.87. The van der Waals surface area contributed by atoms with Crippen molar-refractivity contribution in [2.45, 2.75) is 32.1 Å². The third kappa shape index (κ3) is 3.37. The Labute approximate surface area is 119 Å². The zero-order valence-corrected chi connectivity index (χ0v) is 12.8. The Morgan fingerprint density at radius 3 is 2.50 bits per heavy atom. The predicted octanol–water partition coefficient (Wildman–Crippen LogP) is 1.42. The Kier molecular flexibility index (Phi) is 3.64. The first-order valence-corrected chi connectivity index (χ1v) is 8.07. The smallest absolute Gasteiger partial charge is 0.251 e. The molecule has 0 saturated heterocycles. The molecule has 1 saturated carbocycles. The van der Waals surface area contributed by atoms with Crippen LogP contribution in [-0.2, 0) is 10.0 Å². The van der Waals surface area contributed by atoms with E-state index in [1.807, 2.05) is 0 Å². The molecule has 0 aromatic heterocycles. The van der Waals surface area contributed by atoms with Crippen molar-refractivity contribution >= 4 is 15.9 Å². The lowest BCUT2D eigenvalue weighted by molar-refractivity contribution is 0.0950. The van der Waals surface area contributed by atoms with Gasteiger partial charge in [0.2, 0.25) is 10.0 Å². The van der Waals surface area contributed by atoms with Crippen molar-refractivity contribution in [2.24, 2.45) is 16.5 Å². The number of primary sulfonamides is 1. The van der Waals surface area contributed by atoms with Crippen LogP contribution in [0.2, 0.25) is 0 Å². The topological polar surface area (TPSA) is 89.3 Å². The summed E-state index contributed by atoms with van der Waals surface area (Å²) in [5, 5.41) is 7.95. The summed E-state index contributed by atoms with van der Waals surface area (Å²) in [7, 11) is -3.80. The number of carbonyl (C=O) groups is 1. The quantitative estimate of drug-likeness (QED) is 0.880. The molecule has 1 fully saturated rings. The second kappa shape index (κ2) is 4.86. The Bertz CT molecular complexity index is 650. The van der Waals surface area contributed by atoms with E-state index in [-0.39, 0.29) is 10.8 Å². The molecule has 1 aliphatic carbocycles. The molecular formula is C14H20N2O3S. The van der Waals surface area contributed by atoms with E-state index in [0.717, 1.165) is 6.42 Å². The van der Waals surface area contributed by atoms with Gasteiger partial charge < -0.3 is 5.32 Å². The summed E-state index contributed by atoms with van der Waals surface area (Å²) >= 11 is 0. The highest BCUT2D eigenvalue weighted by Crippen LogP contribution is 2.50. The molecule has 20 heavy (non-hydrogen) atoms. The summed E-state index contributed by atoms with van der Waals surface area (Å²) in [4.78, 5) is 12.0. The van der Waals surface area contributed by atoms with E-state index in [1.165, 1.54) is 12.1 Å². The van der Waals surface area contributed by atoms with E-state index >= 15 is 0 Å². The highest BCUT2D eigenvalue weighted by Gasteiger charge is 2.45. The molecule has 6 heteroatoms. The van der Waals surface area contributed by atoms with Crippen LogP contribution in [0.1, 0.15) is 36.2 Å². The first-order chi connectivity index (χ1) is 9.09. The van der Waals surface area contributed by atoms with Gasteiger partial charge in [-0.25, -0.2) is 13.6 Å². The average Bonchev–Trinajstić information content (AvgIpc) is 2.92. The first kappa shape index (κ1) is 15.0. The average molecular weight is 296 g/mol. The van der Waals surface area contributed by atoms with Crippen LogP contribution < -0.4 is 10.5 Å². The van der Waals surface area contributed by atoms with E-state index in [4.69, 9.17) is 5.14 Å². The minimum Gasteiger partial charge on any atom is -0.352 e. The van der Waals surface area contributed by atoms with Gasteiger partial charge in [-0.3, -0.25) is 4.79 Å². The SMILES string of the molecule is Cc1cc(C(=O)NCC2CC2(C)C)cc(S(N)(=O)=O)c1. The van der Waals surface area contributed by atoms with Gasteiger partial charge in [0, 0.05) is 12.1 Å². The van der Waals surface area contributed by atoms with Gasteiger partial charge in [0.25, 0.3) is 5.91 Å². The van der Waals surface area contributed by atoms with Crippen molar-refractivity contribution in [3.8, 4) is 0 Å². The highest BCUT2D eigenvalue weighted by molar-refractivity contribution is 7.89. The summed E-state index contributed by atoms with van der Waals surface area (Å²) in [5.74, 6) is 0.232. The van der Waals surface area contributed by atoms with E-state index in [9.17, 15) is 13.2 Å². The molecule has 110 valence electrons. The van der Waals surface area contributed by atoms with Crippen LogP contribution in [0.15, 0.2) is 23.1 Å². The van der Waals surface area contributed by atoms with Crippen LogP contribution in [0.3, 0.4) is 0 Å². The molecule has 0 spiro atoms. The molecule has 1 aliphatic rings. The normalized spacial score (nSPS) is 20.5. The van der Waals surface area contributed by atoms with E-state index in [1.54, 1.807) is 13.0 Å². The lowest BCUT2D eigenvalue weighted by atomic mass is 10.1. The Hall–Kier alpha value is -1.40. The molecule has 1 aromatic rings. The lowest BCUT2D eigenvalue weighted by Crippen LogP contribution is -2.27. The molecule has 1 amide bonds. The fourth-order valence-electron chi connectivity index (χ4n) is 2.29. The van der Waals surface area contributed by atoms with Gasteiger partial charge in [-0.15, -0.1) is 0 Å². The van der Waals surface area contributed by atoms with Crippen molar-refractivity contribution < 1.29 is 13.2 Å². The maximum absolute atomic E-state index is 12.1. The number of hydrogen-bond donors (Lipinski definition) is 2. The molecule has 5 nitrogen and oxygen atoms in total. The summed E-state index contributed by atoms with van der Waals surface area (Å²) < 4.78 is 22.7. The zero-order chi connectivity index (χ0) is 15.1. The fraction of sp³-hybridized carbons (Fsp3) is 0.500. The highest BCUT2D eigenvalue weighted by atomic mass is 32.2. The number of sulfonamides is 1. The molecule has 2 rings (SSSR count). The first-order valence-electron chi connectivity index (χ1n) is 6.52. The number of rotatable bonds is 4. The van der Waals surface area contributed by atoms with Crippen molar-refractivity contribution in [1.82, 2.24) is 5.32 Å². The summed E-state index contributed by atoms with van der Waals surface area (Å²) in [5.41, 5.74) is 1.31. The maximum atomic E-state index is 12.1. The molecule has 1 unspecified atom stereocenters. The largest absolute Gasteiger partial charge is 0.352 e. The van der Waals surface area contributed by atoms with Gasteiger partial charge in [-0.2, -0.15) is 0 Å². The van der Waals surface area contributed by atoms with Crippen molar-refractivity contribution in [3.63, 3.8) is 0 Å². The number of nitrogens with two attached hydrogens (primary N) is 1.